The number of benzene rings is 3. The lowest BCUT2D eigenvalue weighted by Gasteiger charge is -2.11. The molecule has 0 amide bonds. The summed E-state index contributed by atoms with van der Waals surface area (Å²) in [5, 5.41) is 12.1. The number of hydrogen-bond acceptors (Lipinski definition) is 9. The molecule has 3 aromatic carbocycles. The third kappa shape index (κ3) is 7.07. The number of fused-ring (bicyclic) bond motifs is 5. The van der Waals surface area contributed by atoms with E-state index in [0.29, 0.717) is 39.1 Å². The molecule has 0 aliphatic carbocycles. The summed E-state index contributed by atoms with van der Waals surface area (Å²) in [5.41, 5.74) is 14.0. The molecule has 326 valence electrons. The highest BCUT2D eigenvalue weighted by Gasteiger charge is 2.27. The van der Waals surface area contributed by atoms with Gasteiger partial charge in [-0.25, -0.2) is 4.79 Å². The molecule has 9 heterocycles. The summed E-state index contributed by atoms with van der Waals surface area (Å²) in [6.45, 7) is 3.78. The Morgan fingerprint density at radius 3 is 1.47 bits per heavy atom. The highest BCUT2D eigenvalue weighted by molar-refractivity contribution is 6.00. The third-order valence-electron chi connectivity index (χ3n) is 13.0. The van der Waals surface area contributed by atoms with Crippen molar-refractivity contribution in [2.75, 3.05) is 13.2 Å². The van der Waals surface area contributed by atoms with Gasteiger partial charge in [0.1, 0.15) is 22.9 Å². The Bertz CT molecular complexity index is 3250. The van der Waals surface area contributed by atoms with Gasteiger partial charge < -0.3 is 9.47 Å². The van der Waals surface area contributed by atoms with Crippen LogP contribution in [0.5, 0.6) is 11.5 Å². The monoisotopic (exact) mass is 870 g/mol. The maximum absolute atomic E-state index is 13.9. The van der Waals surface area contributed by atoms with Crippen LogP contribution in [-0.4, -0.2) is 61.8 Å². The predicted octanol–water partition coefficient (Wildman–Crippen LogP) is 9.58. The quantitative estimate of drug-likeness (QED) is 0.0981. The zero-order valence-electron chi connectivity index (χ0n) is 36.4. The Labute approximate surface area is 380 Å². The van der Waals surface area contributed by atoms with Crippen molar-refractivity contribution in [2.24, 2.45) is 0 Å². The number of imidazole rings is 1. The van der Waals surface area contributed by atoms with E-state index in [4.69, 9.17) is 29.6 Å². The SMILES string of the molecule is O=c1n(CCCOc2ccc3c(-c4c(-c5ccccn5)nn5c4CCC5)ccnc3c2)c2ccccc2n1CCCOc1ccc2c(-c3c(-c4ccccn4)nn4c3CCC4)ccnc2c1. The average molecular weight is 871 g/mol. The lowest BCUT2D eigenvalue weighted by atomic mass is 9.96. The van der Waals surface area contributed by atoms with Gasteiger partial charge in [0.15, 0.2) is 0 Å². The number of aryl methyl sites for hydroxylation is 4. The van der Waals surface area contributed by atoms with Crippen LogP contribution in [0.2, 0.25) is 0 Å². The van der Waals surface area contributed by atoms with E-state index in [9.17, 15) is 4.79 Å². The minimum absolute atomic E-state index is 0.0329. The van der Waals surface area contributed by atoms with Crippen molar-refractivity contribution in [3.8, 4) is 56.5 Å². The second-order valence-electron chi connectivity index (χ2n) is 17.0. The van der Waals surface area contributed by atoms with Gasteiger partial charge >= 0.3 is 5.69 Å². The second kappa shape index (κ2) is 16.9. The summed E-state index contributed by atoms with van der Waals surface area (Å²) in [4.78, 5) is 32.7. The topological polar surface area (TPSA) is 133 Å². The van der Waals surface area contributed by atoms with Gasteiger partial charge in [-0.1, -0.05) is 24.3 Å². The first-order valence-corrected chi connectivity index (χ1v) is 22.9. The zero-order valence-corrected chi connectivity index (χ0v) is 36.4. The number of pyridine rings is 4. The van der Waals surface area contributed by atoms with E-state index in [1.165, 1.54) is 11.4 Å². The number of ether oxygens (including phenoxy) is 2. The fourth-order valence-corrected chi connectivity index (χ4v) is 10.00. The summed E-state index contributed by atoms with van der Waals surface area (Å²) in [7, 11) is 0. The fraction of sp³-hybridized carbons (Fsp3) is 0.226. The molecule has 2 aliphatic heterocycles. The van der Waals surface area contributed by atoms with Crippen LogP contribution >= 0.6 is 0 Å². The van der Waals surface area contributed by atoms with E-state index in [0.717, 1.165) is 128 Å². The van der Waals surface area contributed by atoms with Crippen molar-refractivity contribution in [3.63, 3.8) is 0 Å². The first-order valence-electron chi connectivity index (χ1n) is 22.9. The van der Waals surface area contributed by atoms with Crippen molar-refractivity contribution in [3.05, 3.63) is 156 Å². The molecule has 13 nitrogen and oxygen atoms in total. The molecule has 7 aromatic heterocycles. The van der Waals surface area contributed by atoms with Crippen molar-refractivity contribution in [1.82, 2.24) is 48.6 Å². The molecule has 0 fully saturated rings. The molecular formula is C53H46N10O3. The molecular weight excluding hydrogens is 825 g/mol. The number of para-hydroxylation sites is 2. The van der Waals surface area contributed by atoms with Crippen LogP contribution in [0.25, 0.3) is 77.9 Å². The highest BCUT2D eigenvalue weighted by Crippen LogP contribution is 2.42. The van der Waals surface area contributed by atoms with Crippen molar-refractivity contribution in [2.45, 2.75) is 64.7 Å². The Morgan fingerprint density at radius 1 is 0.515 bits per heavy atom. The minimum atomic E-state index is -0.0329. The van der Waals surface area contributed by atoms with Gasteiger partial charge in [-0.05, 0) is 122 Å². The van der Waals surface area contributed by atoms with Gasteiger partial charge in [0.05, 0.1) is 46.7 Å². The Kier molecular flexibility index (Phi) is 10.1. The van der Waals surface area contributed by atoms with Gasteiger partial charge in [0, 0.05) is 96.4 Å². The maximum atomic E-state index is 13.9. The van der Waals surface area contributed by atoms with Crippen LogP contribution in [0.4, 0.5) is 0 Å². The largest absolute Gasteiger partial charge is 0.493 e. The summed E-state index contributed by atoms with van der Waals surface area (Å²) in [6, 6.07) is 36.3. The molecule has 2 aliphatic rings. The van der Waals surface area contributed by atoms with Crippen LogP contribution in [-0.2, 0) is 39.0 Å². The van der Waals surface area contributed by atoms with Crippen LogP contribution in [0.1, 0.15) is 37.1 Å². The lowest BCUT2D eigenvalue weighted by Crippen LogP contribution is -2.25. The van der Waals surface area contributed by atoms with Crippen molar-refractivity contribution >= 4 is 32.8 Å². The molecule has 66 heavy (non-hydrogen) atoms. The molecule has 0 N–H and O–H groups in total. The van der Waals surface area contributed by atoms with E-state index in [-0.39, 0.29) is 5.69 Å². The fourth-order valence-electron chi connectivity index (χ4n) is 10.00. The van der Waals surface area contributed by atoms with Gasteiger partial charge in [0.25, 0.3) is 0 Å². The van der Waals surface area contributed by atoms with Crippen LogP contribution in [0.15, 0.2) is 139 Å². The molecule has 13 heteroatoms. The van der Waals surface area contributed by atoms with Crippen LogP contribution < -0.4 is 15.2 Å². The number of aromatic nitrogens is 10. The first-order chi connectivity index (χ1) is 32.7. The van der Waals surface area contributed by atoms with Gasteiger partial charge in [-0.2, -0.15) is 10.2 Å². The molecule has 0 saturated carbocycles. The zero-order chi connectivity index (χ0) is 44.0. The predicted molar refractivity (Wildman–Crippen MR) is 255 cm³/mol. The van der Waals surface area contributed by atoms with E-state index >= 15 is 0 Å². The van der Waals surface area contributed by atoms with Crippen molar-refractivity contribution in [1.29, 1.82) is 0 Å². The minimum Gasteiger partial charge on any atom is -0.493 e. The Hall–Kier alpha value is -7.93. The molecule has 10 aromatic rings. The average Bonchev–Trinajstić information content (AvgIpc) is 4.20. The molecule has 0 atom stereocenters. The highest BCUT2D eigenvalue weighted by atomic mass is 16.5. The van der Waals surface area contributed by atoms with E-state index in [2.05, 4.69) is 43.6 Å². The maximum Gasteiger partial charge on any atom is 0.329 e. The second-order valence-corrected chi connectivity index (χ2v) is 17.0. The number of nitrogens with zero attached hydrogens (tertiary/aromatic N) is 10. The molecule has 0 unspecified atom stereocenters. The lowest BCUT2D eigenvalue weighted by molar-refractivity contribution is 0.298. The van der Waals surface area contributed by atoms with Gasteiger partial charge in [0.2, 0.25) is 0 Å². The summed E-state index contributed by atoms with van der Waals surface area (Å²) in [6.07, 6.45) is 12.8. The molecule has 0 bridgehead atoms. The first kappa shape index (κ1) is 39.6. The van der Waals surface area contributed by atoms with Crippen LogP contribution in [0, 0.1) is 0 Å². The summed E-state index contributed by atoms with van der Waals surface area (Å²) in [5.74, 6) is 1.48. The van der Waals surface area contributed by atoms with Gasteiger partial charge in [-0.3, -0.25) is 38.4 Å². The summed E-state index contributed by atoms with van der Waals surface area (Å²) < 4.78 is 20.6. The van der Waals surface area contributed by atoms with E-state index < -0.39 is 0 Å². The van der Waals surface area contributed by atoms with E-state index in [1.54, 1.807) is 0 Å². The standard InChI is InChI=1S/C53H46N10O3/c64-53-60(27-9-31-65-35-17-19-37-39(21-25-56-43(37)33-35)49-47-15-7-29-62(47)58-51(49)41-11-3-5-23-54-41)45-13-1-2-14-46(45)61(53)28-10-32-66-36-18-20-38-40(22-26-57-44(38)34-36)50-48-16-8-30-63(48)59-52(50)42-12-4-6-24-55-42/h1-6,11-14,17-26,33-34H,7-10,15-16,27-32H2. The smallest absolute Gasteiger partial charge is 0.329 e. The third-order valence-corrected chi connectivity index (χ3v) is 13.0. The summed E-state index contributed by atoms with van der Waals surface area (Å²) >= 11 is 0. The Balaban J connectivity index is 0.708. The Morgan fingerprint density at radius 2 is 1.00 bits per heavy atom. The number of hydrogen-bond donors (Lipinski definition) is 0. The van der Waals surface area contributed by atoms with Crippen molar-refractivity contribution < 1.29 is 9.47 Å². The molecule has 0 saturated heterocycles. The van der Waals surface area contributed by atoms with Gasteiger partial charge in [-0.15, -0.1) is 0 Å². The number of rotatable bonds is 14. The normalized spacial score (nSPS) is 13.2. The van der Waals surface area contributed by atoms with E-state index in [1.807, 2.05) is 119 Å². The molecule has 0 radical (unpaired) electrons. The van der Waals surface area contributed by atoms with Crippen LogP contribution in [0.3, 0.4) is 0 Å². The molecule has 12 rings (SSSR count). The molecule has 0 spiro atoms.